The molecule has 26 heavy (non-hydrogen) atoms. The number of benzene rings is 1. The summed E-state index contributed by atoms with van der Waals surface area (Å²) in [7, 11) is 0. The van der Waals surface area contributed by atoms with E-state index in [0.29, 0.717) is 19.6 Å². The molecule has 0 radical (unpaired) electrons. The first-order valence-electron chi connectivity index (χ1n) is 8.85. The molecular formula is C19H23N5OS. The number of hydrogen-bond donors (Lipinski definition) is 2. The van der Waals surface area contributed by atoms with Crippen molar-refractivity contribution in [2.24, 2.45) is 0 Å². The summed E-state index contributed by atoms with van der Waals surface area (Å²) < 4.78 is 0. The average Bonchev–Trinajstić information content (AvgIpc) is 3.28. The molecule has 0 aliphatic carbocycles. The molecule has 1 unspecified atom stereocenters. The van der Waals surface area contributed by atoms with Crippen molar-refractivity contribution in [3.05, 3.63) is 35.2 Å². The van der Waals surface area contributed by atoms with Gasteiger partial charge in [0.2, 0.25) is 5.91 Å². The van der Waals surface area contributed by atoms with Gasteiger partial charge in [0, 0.05) is 30.1 Å². The number of nitrogens with zero attached hydrogens (tertiary/aromatic N) is 3. The van der Waals surface area contributed by atoms with Gasteiger partial charge in [-0.2, -0.15) is 5.26 Å². The maximum Gasteiger partial charge on any atom is 0.237 e. The fraction of sp³-hybridized carbons (Fsp3) is 0.421. The molecular weight excluding hydrogens is 346 g/mol. The zero-order chi connectivity index (χ0) is 18.4. The fourth-order valence-electron chi connectivity index (χ4n) is 3.09. The van der Waals surface area contributed by atoms with Crippen molar-refractivity contribution in [3.8, 4) is 17.3 Å². The van der Waals surface area contributed by atoms with Gasteiger partial charge in [-0.25, -0.2) is 4.98 Å². The van der Waals surface area contributed by atoms with Crippen molar-refractivity contribution < 1.29 is 4.79 Å². The lowest BCUT2D eigenvalue weighted by Gasteiger charge is -2.19. The first kappa shape index (κ1) is 18.4. The Morgan fingerprint density at radius 2 is 2.19 bits per heavy atom. The minimum Gasteiger partial charge on any atom is -0.360 e. The van der Waals surface area contributed by atoms with E-state index in [-0.39, 0.29) is 18.5 Å². The molecule has 1 aromatic carbocycles. The Balaban J connectivity index is 1.42. The van der Waals surface area contributed by atoms with Crippen molar-refractivity contribution in [1.82, 2.24) is 15.2 Å². The maximum absolute atomic E-state index is 12.1. The summed E-state index contributed by atoms with van der Waals surface area (Å²) >= 11 is 1.64. The Morgan fingerprint density at radius 3 is 2.96 bits per heavy atom. The molecule has 1 aliphatic heterocycles. The first-order chi connectivity index (χ1) is 12.7. The Hall–Kier alpha value is -2.43. The van der Waals surface area contributed by atoms with Crippen LogP contribution in [-0.2, 0) is 4.79 Å². The van der Waals surface area contributed by atoms with Gasteiger partial charge in [-0.15, -0.1) is 11.3 Å². The molecule has 1 amide bonds. The highest BCUT2D eigenvalue weighted by Crippen LogP contribution is 2.29. The molecule has 6 nitrogen and oxygen atoms in total. The summed E-state index contributed by atoms with van der Waals surface area (Å²) in [6, 6.07) is 12.1. The second kappa shape index (κ2) is 8.79. The zero-order valence-corrected chi connectivity index (χ0v) is 15.7. The SMILES string of the molecule is Cc1sc(NCCNCC(=O)N2CCCC2C#N)nc1-c1ccccc1. The largest absolute Gasteiger partial charge is 0.360 e. The van der Waals surface area contributed by atoms with Gasteiger partial charge < -0.3 is 15.5 Å². The zero-order valence-electron chi connectivity index (χ0n) is 14.9. The van der Waals surface area contributed by atoms with E-state index in [2.05, 4.69) is 40.7 Å². The number of aryl methyl sites for hydroxylation is 1. The summed E-state index contributed by atoms with van der Waals surface area (Å²) in [5, 5.41) is 16.4. The molecule has 3 rings (SSSR count). The number of carbonyl (C=O) groups excluding carboxylic acids is 1. The van der Waals surface area contributed by atoms with E-state index >= 15 is 0 Å². The quantitative estimate of drug-likeness (QED) is 0.733. The molecule has 0 bridgehead atoms. The molecule has 1 fully saturated rings. The first-order valence-corrected chi connectivity index (χ1v) is 9.67. The van der Waals surface area contributed by atoms with Crippen molar-refractivity contribution in [1.29, 1.82) is 5.26 Å². The van der Waals surface area contributed by atoms with Gasteiger partial charge in [0.25, 0.3) is 0 Å². The predicted octanol–water partition coefficient (Wildman–Crippen LogP) is 2.63. The van der Waals surface area contributed by atoms with E-state index in [1.54, 1.807) is 16.2 Å². The number of carbonyl (C=O) groups is 1. The number of rotatable bonds is 7. The van der Waals surface area contributed by atoms with Gasteiger partial charge in [0.15, 0.2) is 5.13 Å². The standard InChI is InChI=1S/C19H23N5OS/c1-14-18(15-6-3-2-4-7-15)23-19(26-14)22-10-9-21-13-17(25)24-11-5-8-16(24)12-20/h2-4,6-7,16,21H,5,8-11,13H2,1H3,(H,22,23). The van der Waals surface area contributed by atoms with Crippen LogP contribution in [-0.4, -0.2) is 48.0 Å². The summed E-state index contributed by atoms with van der Waals surface area (Å²) in [6.07, 6.45) is 1.70. The molecule has 1 saturated heterocycles. The lowest BCUT2D eigenvalue weighted by molar-refractivity contribution is -0.130. The van der Waals surface area contributed by atoms with Crippen molar-refractivity contribution in [2.75, 3.05) is 31.5 Å². The summed E-state index contributed by atoms with van der Waals surface area (Å²) in [5.74, 6) is 0.00510. The number of thiazole rings is 1. The third-order valence-electron chi connectivity index (χ3n) is 4.42. The van der Waals surface area contributed by atoms with Crippen LogP contribution in [0.2, 0.25) is 0 Å². The minimum absolute atomic E-state index is 0.00510. The highest BCUT2D eigenvalue weighted by molar-refractivity contribution is 7.16. The van der Waals surface area contributed by atoms with E-state index in [1.807, 2.05) is 18.2 Å². The third-order valence-corrected chi connectivity index (χ3v) is 5.35. The Kier molecular flexibility index (Phi) is 6.21. The molecule has 0 spiro atoms. The monoisotopic (exact) mass is 369 g/mol. The van der Waals surface area contributed by atoms with Gasteiger partial charge >= 0.3 is 0 Å². The van der Waals surface area contributed by atoms with Gasteiger partial charge in [-0.1, -0.05) is 30.3 Å². The maximum atomic E-state index is 12.1. The van der Waals surface area contributed by atoms with E-state index in [9.17, 15) is 4.79 Å². The van der Waals surface area contributed by atoms with Gasteiger partial charge in [-0.05, 0) is 19.8 Å². The number of likely N-dealkylation sites (tertiary alicyclic amines) is 1. The van der Waals surface area contributed by atoms with E-state index in [0.717, 1.165) is 29.2 Å². The van der Waals surface area contributed by atoms with Crippen molar-refractivity contribution in [3.63, 3.8) is 0 Å². The number of nitriles is 1. The van der Waals surface area contributed by atoms with Crippen LogP contribution in [0.3, 0.4) is 0 Å². The molecule has 1 aliphatic rings. The summed E-state index contributed by atoms with van der Waals surface area (Å²) in [5.41, 5.74) is 2.13. The average molecular weight is 369 g/mol. The third kappa shape index (κ3) is 4.40. The molecule has 2 heterocycles. The highest BCUT2D eigenvalue weighted by Gasteiger charge is 2.27. The number of amides is 1. The fourth-order valence-corrected chi connectivity index (χ4v) is 3.95. The van der Waals surface area contributed by atoms with Crippen LogP contribution in [0.5, 0.6) is 0 Å². The molecule has 1 atom stereocenters. The van der Waals surface area contributed by atoms with Gasteiger partial charge in [0.05, 0.1) is 18.3 Å². The van der Waals surface area contributed by atoms with Crippen LogP contribution in [0.1, 0.15) is 17.7 Å². The predicted molar refractivity (Wildman–Crippen MR) is 104 cm³/mol. The number of hydrogen-bond acceptors (Lipinski definition) is 6. The number of nitrogens with one attached hydrogen (secondary N) is 2. The number of aromatic nitrogens is 1. The molecule has 2 aromatic rings. The van der Waals surface area contributed by atoms with Crippen LogP contribution in [0.25, 0.3) is 11.3 Å². The molecule has 7 heteroatoms. The summed E-state index contributed by atoms with van der Waals surface area (Å²) in [4.78, 5) is 19.7. The van der Waals surface area contributed by atoms with Gasteiger partial charge in [-0.3, -0.25) is 4.79 Å². The molecule has 0 saturated carbocycles. The normalized spacial score (nSPS) is 16.5. The van der Waals surface area contributed by atoms with E-state index < -0.39 is 0 Å². The molecule has 136 valence electrons. The Bertz CT molecular complexity index is 783. The highest BCUT2D eigenvalue weighted by atomic mass is 32.1. The van der Waals surface area contributed by atoms with Crippen LogP contribution in [0.15, 0.2) is 30.3 Å². The van der Waals surface area contributed by atoms with E-state index in [1.165, 1.54) is 4.88 Å². The van der Waals surface area contributed by atoms with Crippen molar-refractivity contribution in [2.45, 2.75) is 25.8 Å². The van der Waals surface area contributed by atoms with E-state index in [4.69, 9.17) is 5.26 Å². The van der Waals surface area contributed by atoms with Crippen LogP contribution in [0, 0.1) is 18.3 Å². The van der Waals surface area contributed by atoms with Crippen LogP contribution in [0.4, 0.5) is 5.13 Å². The topological polar surface area (TPSA) is 81.0 Å². The lowest BCUT2D eigenvalue weighted by atomic mass is 10.1. The lowest BCUT2D eigenvalue weighted by Crippen LogP contribution is -2.41. The minimum atomic E-state index is -0.253. The Morgan fingerprint density at radius 1 is 1.38 bits per heavy atom. The Labute approximate surface area is 157 Å². The second-order valence-electron chi connectivity index (χ2n) is 6.27. The van der Waals surface area contributed by atoms with Crippen LogP contribution >= 0.6 is 11.3 Å². The van der Waals surface area contributed by atoms with Crippen molar-refractivity contribution >= 4 is 22.4 Å². The molecule has 2 N–H and O–H groups in total. The van der Waals surface area contributed by atoms with Gasteiger partial charge in [0.1, 0.15) is 6.04 Å². The smallest absolute Gasteiger partial charge is 0.237 e. The summed E-state index contributed by atoms with van der Waals surface area (Å²) in [6.45, 7) is 4.39. The second-order valence-corrected chi connectivity index (χ2v) is 7.47. The molecule has 1 aromatic heterocycles. The van der Waals surface area contributed by atoms with Crippen LogP contribution < -0.4 is 10.6 Å². The number of anilines is 1.